The average Bonchev–Trinajstić information content (AvgIpc) is 2.49. The molecule has 0 fully saturated rings. The molecule has 3 rings (SSSR count). The second-order valence-electron chi connectivity index (χ2n) is 4.94. The molecular weight excluding hydrogens is 234 g/mol. The molecule has 0 saturated carbocycles. The lowest BCUT2D eigenvalue weighted by atomic mass is 9.87. The summed E-state index contributed by atoms with van der Waals surface area (Å²) in [5.41, 5.74) is 3.56. The van der Waals surface area contributed by atoms with Gasteiger partial charge in [0.25, 0.3) is 0 Å². The lowest BCUT2D eigenvalue weighted by molar-refractivity contribution is 0.0379. The Morgan fingerprint density at radius 2 is 1.47 bits per heavy atom. The Kier molecular flexibility index (Phi) is 3.32. The summed E-state index contributed by atoms with van der Waals surface area (Å²) in [5.74, 6) is 0.347. The van der Waals surface area contributed by atoms with Crippen LogP contribution in [0.3, 0.4) is 0 Å². The van der Waals surface area contributed by atoms with Gasteiger partial charge in [-0.05, 0) is 18.1 Å². The van der Waals surface area contributed by atoms with Gasteiger partial charge in [0.1, 0.15) is 0 Å². The number of hydrogen-bond donors (Lipinski definition) is 0. The molecule has 0 aliphatic carbocycles. The van der Waals surface area contributed by atoms with Crippen LogP contribution in [0.4, 0.5) is 0 Å². The van der Waals surface area contributed by atoms with Crippen molar-refractivity contribution in [3.63, 3.8) is 0 Å². The molecule has 0 unspecified atom stereocenters. The number of rotatable bonds is 2. The fraction of sp³-hybridized carbons (Fsp3) is 0.235. The van der Waals surface area contributed by atoms with Crippen LogP contribution in [-0.2, 0) is 4.84 Å². The summed E-state index contributed by atoms with van der Waals surface area (Å²) in [6, 6.07) is 20.8. The standard InChI is InChI=1S/C17H17NO/c1-13-16(14-8-4-2-5-9-14)12-17(19-18-13)15-10-6-3-7-11-15/h2-11,16-17H,12H2,1H3/t16-,17-/m1/s1. The number of oxime groups is 1. The summed E-state index contributed by atoms with van der Waals surface area (Å²) >= 11 is 0. The molecule has 0 amide bonds. The zero-order chi connectivity index (χ0) is 13.1. The Morgan fingerprint density at radius 1 is 0.895 bits per heavy atom. The lowest BCUT2D eigenvalue weighted by Crippen LogP contribution is -2.20. The van der Waals surface area contributed by atoms with Crippen molar-refractivity contribution in [1.82, 2.24) is 0 Å². The maximum absolute atomic E-state index is 5.62. The first-order valence-electron chi connectivity index (χ1n) is 6.65. The van der Waals surface area contributed by atoms with E-state index in [9.17, 15) is 0 Å². The normalized spacial score (nSPS) is 22.5. The Balaban J connectivity index is 1.87. The summed E-state index contributed by atoms with van der Waals surface area (Å²) in [4.78, 5) is 5.62. The minimum absolute atomic E-state index is 0.0510. The fourth-order valence-corrected chi connectivity index (χ4v) is 2.57. The third kappa shape index (κ3) is 2.53. The van der Waals surface area contributed by atoms with Gasteiger partial charge in [-0.1, -0.05) is 65.8 Å². The van der Waals surface area contributed by atoms with Gasteiger partial charge in [0, 0.05) is 12.3 Å². The van der Waals surface area contributed by atoms with Crippen molar-refractivity contribution in [2.75, 3.05) is 0 Å². The van der Waals surface area contributed by atoms with Crippen LogP contribution in [0.25, 0.3) is 0 Å². The maximum atomic E-state index is 5.62. The Morgan fingerprint density at radius 3 is 2.11 bits per heavy atom. The molecule has 2 nitrogen and oxygen atoms in total. The molecule has 0 bridgehead atoms. The van der Waals surface area contributed by atoms with Gasteiger partial charge < -0.3 is 4.84 Å². The summed E-state index contributed by atoms with van der Waals surface area (Å²) < 4.78 is 0. The highest BCUT2D eigenvalue weighted by Crippen LogP contribution is 2.35. The van der Waals surface area contributed by atoms with Crippen LogP contribution in [0.5, 0.6) is 0 Å². The molecular formula is C17H17NO. The molecule has 2 heteroatoms. The number of benzene rings is 2. The van der Waals surface area contributed by atoms with Gasteiger partial charge in [0.15, 0.2) is 6.10 Å². The molecule has 0 N–H and O–H groups in total. The van der Waals surface area contributed by atoms with Gasteiger partial charge in [-0.25, -0.2) is 0 Å². The van der Waals surface area contributed by atoms with Crippen molar-refractivity contribution in [3.8, 4) is 0 Å². The lowest BCUT2D eigenvalue weighted by Gasteiger charge is -2.27. The molecule has 0 spiro atoms. The molecule has 2 aromatic rings. The highest BCUT2D eigenvalue weighted by Gasteiger charge is 2.27. The largest absolute Gasteiger partial charge is 0.388 e. The summed E-state index contributed by atoms with van der Waals surface area (Å²) in [5, 5.41) is 4.26. The van der Waals surface area contributed by atoms with Crippen LogP contribution < -0.4 is 0 Å². The van der Waals surface area contributed by atoms with Crippen molar-refractivity contribution in [3.05, 3.63) is 71.8 Å². The summed E-state index contributed by atoms with van der Waals surface area (Å²) in [6.45, 7) is 2.04. The van der Waals surface area contributed by atoms with Gasteiger partial charge in [0.05, 0.1) is 5.71 Å². The Labute approximate surface area is 113 Å². The fourth-order valence-electron chi connectivity index (χ4n) is 2.57. The van der Waals surface area contributed by atoms with Crippen LogP contribution in [0.15, 0.2) is 65.8 Å². The zero-order valence-electron chi connectivity index (χ0n) is 11.0. The van der Waals surface area contributed by atoms with E-state index in [-0.39, 0.29) is 6.10 Å². The second kappa shape index (κ2) is 5.27. The Bertz CT molecular complexity index is 562. The van der Waals surface area contributed by atoms with Crippen LogP contribution in [0.2, 0.25) is 0 Å². The van der Waals surface area contributed by atoms with E-state index in [1.165, 1.54) is 11.1 Å². The maximum Gasteiger partial charge on any atom is 0.153 e. The molecule has 2 atom stereocenters. The van der Waals surface area contributed by atoms with Crippen LogP contribution in [-0.4, -0.2) is 5.71 Å². The number of hydrogen-bond acceptors (Lipinski definition) is 2. The molecule has 0 radical (unpaired) electrons. The topological polar surface area (TPSA) is 21.6 Å². The number of nitrogens with zero attached hydrogens (tertiary/aromatic N) is 1. The predicted molar refractivity (Wildman–Crippen MR) is 77.2 cm³/mol. The van der Waals surface area contributed by atoms with Gasteiger partial charge in [-0.15, -0.1) is 0 Å². The summed E-state index contributed by atoms with van der Waals surface area (Å²) in [7, 11) is 0. The summed E-state index contributed by atoms with van der Waals surface area (Å²) in [6.07, 6.45) is 0.999. The van der Waals surface area contributed by atoms with Crippen molar-refractivity contribution in [2.45, 2.75) is 25.4 Å². The minimum Gasteiger partial charge on any atom is -0.388 e. The van der Waals surface area contributed by atoms with Gasteiger partial charge in [0.2, 0.25) is 0 Å². The second-order valence-corrected chi connectivity index (χ2v) is 4.94. The monoisotopic (exact) mass is 251 g/mol. The molecule has 1 aliphatic rings. The highest BCUT2D eigenvalue weighted by atomic mass is 16.6. The Hall–Kier alpha value is -2.09. The molecule has 96 valence electrons. The highest BCUT2D eigenvalue weighted by molar-refractivity contribution is 5.88. The molecule has 1 heterocycles. The van der Waals surface area contributed by atoms with E-state index < -0.39 is 0 Å². The first-order valence-corrected chi connectivity index (χ1v) is 6.65. The molecule has 0 aromatic heterocycles. The predicted octanol–water partition coefficient (Wildman–Crippen LogP) is 4.31. The average molecular weight is 251 g/mol. The van der Waals surface area contributed by atoms with E-state index in [4.69, 9.17) is 4.84 Å². The third-order valence-electron chi connectivity index (χ3n) is 3.65. The zero-order valence-corrected chi connectivity index (χ0v) is 11.0. The van der Waals surface area contributed by atoms with E-state index in [2.05, 4.69) is 41.6 Å². The van der Waals surface area contributed by atoms with Gasteiger partial charge in [-0.3, -0.25) is 0 Å². The minimum atomic E-state index is 0.0510. The molecule has 1 aliphatic heterocycles. The SMILES string of the molecule is CC1=NO[C@@H](c2ccccc2)C[C@H]1c1ccccc1. The van der Waals surface area contributed by atoms with Crippen LogP contribution in [0.1, 0.15) is 36.5 Å². The first kappa shape index (κ1) is 12.0. The first-order chi connectivity index (χ1) is 9.34. The van der Waals surface area contributed by atoms with Crippen molar-refractivity contribution < 1.29 is 4.84 Å². The van der Waals surface area contributed by atoms with E-state index in [0.717, 1.165) is 12.1 Å². The van der Waals surface area contributed by atoms with Gasteiger partial charge >= 0.3 is 0 Å². The smallest absolute Gasteiger partial charge is 0.153 e. The van der Waals surface area contributed by atoms with Crippen molar-refractivity contribution in [1.29, 1.82) is 0 Å². The van der Waals surface area contributed by atoms with E-state index >= 15 is 0 Å². The molecule has 19 heavy (non-hydrogen) atoms. The third-order valence-corrected chi connectivity index (χ3v) is 3.65. The molecule has 2 aromatic carbocycles. The van der Waals surface area contributed by atoms with E-state index in [0.29, 0.717) is 5.92 Å². The van der Waals surface area contributed by atoms with Gasteiger partial charge in [-0.2, -0.15) is 0 Å². The van der Waals surface area contributed by atoms with E-state index in [1.54, 1.807) is 0 Å². The van der Waals surface area contributed by atoms with Crippen molar-refractivity contribution >= 4 is 5.71 Å². The molecule has 0 saturated heterocycles. The van der Waals surface area contributed by atoms with E-state index in [1.807, 2.05) is 31.2 Å². The quantitative estimate of drug-likeness (QED) is 0.779. The van der Waals surface area contributed by atoms with Crippen molar-refractivity contribution in [2.24, 2.45) is 5.16 Å². The van der Waals surface area contributed by atoms with Crippen LogP contribution in [0, 0.1) is 0 Å². The van der Waals surface area contributed by atoms with Crippen LogP contribution >= 0.6 is 0 Å².